The standard InChI is InChI=1S/C11H21NO2S/c1-7(2)10(11(13)14-4)12-9-5-8(3)15-6-9/h7-10,12H,5-6H2,1-4H3. The Morgan fingerprint density at radius 3 is 2.60 bits per heavy atom. The van der Waals surface area contributed by atoms with E-state index in [1.807, 2.05) is 25.6 Å². The fourth-order valence-electron chi connectivity index (χ4n) is 1.85. The summed E-state index contributed by atoms with van der Waals surface area (Å²) in [6.07, 6.45) is 1.14. The molecule has 3 atom stereocenters. The number of carbonyl (C=O) groups is 1. The van der Waals surface area contributed by atoms with Crippen LogP contribution in [0.4, 0.5) is 0 Å². The average Bonchev–Trinajstić information content (AvgIpc) is 2.59. The number of rotatable bonds is 4. The van der Waals surface area contributed by atoms with Crippen LogP contribution < -0.4 is 5.32 Å². The SMILES string of the molecule is COC(=O)C(NC1CSC(C)C1)C(C)C. The molecule has 1 fully saturated rings. The molecule has 1 saturated heterocycles. The predicted octanol–water partition coefficient (Wildman–Crippen LogP) is 1.67. The molecule has 3 nitrogen and oxygen atoms in total. The van der Waals surface area contributed by atoms with Gasteiger partial charge in [0.2, 0.25) is 0 Å². The van der Waals surface area contributed by atoms with Crippen LogP contribution in [0, 0.1) is 5.92 Å². The molecule has 0 saturated carbocycles. The number of carbonyl (C=O) groups excluding carboxylic acids is 1. The Balaban J connectivity index is 2.48. The number of thioether (sulfide) groups is 1. The highest BCUT2D eigenvalue weighted by molar-refractivity contribution is 8.00. The molecule has 15 heavy (non-hydrogen) atoms. The zero-order chi connectivity index (χ0) is 11.4. The fourth-order valence-corrected chi connectivity index (χ4v) is 3.01. The highest BCUT2D eigenvalue weighted by Crippen LogP contribution is 2.26. The van der Waals surface area contributed by atoms with Crippen molar-refractivity contribution in [1.82, 2.24) is 5.32 Å². The number of ether oxygens (including phenoxy) is 1. The lowest BCUT2D eigenvalue weighted by atomic mass is 10.0. The zero-order valence-electron chi connectivity index (χ0n) is 9.95. The van der Waals surface area contributed by atoms with E-state index in [4.69, 9.17) is 4.74 Å². The van der Waals surface area contributed by atoms with Gasteiger partial charge in [0.1, 0.15) is 6.04 Å². The summed E-state index contributed by atoms with van der Waals surface area (Å²) in [7, 11) is 1.45. The highest BCUT2D eigenvalue weighted by atomic mass is 32.2. The Hall–Kier alpha value is -0.220. The zero-order valence-corrected chi connectivity index (χ0v) is 10.8. The van der Waals surface area contributed by atoms with Gasteiger partial charge < -0.3 is 10.1 Å². The summed E-state index contributed by atoms with van der Waals surface area (Å²) in [6.45, 7) is 6.31. The Labute approximate surface area is 96.3 Å². The molecule has 0 bridgehead atoms. The minimum atomic E-state index is -0.161. The van der Waals surface area contributed by atoms with Crippen LogP contribution >= 0.6 is 11.8 Å². The molecule has 0 aromatic heterocycles. The molecule has 3 unspecified atom stereocenters. The third-order valence-electron chi connectivity index (χ3n) is 2.74. The first kappa shape index (κ1) is 12.8. The first-order chi connectivity index (χ1) is 7.04. The molecule has 1 heterocycles. The summed E-state index contributed by atoms with van der Waals surface area (Å²) in [5.41, 5.74) is 0. The second-order valence-electron chi connectivity index (χ2n) is 4.49. The molecule has 0 aliphatic carbocycles. The molecule has 0 aromatic rings. The molecule has 1 rings (SSSR count). The van der Waals surface area contributed by atoms with Crippen molar-refractivity contribution in [3.05, 3.63) is 0 Å². The first-order valence-electron chi connectivity index (χ1n) is 5.50. The van der Waals surface area contributed by atoms with Gasteiger partial charge >= 0.3 is 5.97 Å². The molecule has 1 N–H and O–H groups in total. The maximum atomic E-state index is 11.5. The molecule has 0 aromatic carbocycles. The van der Waals surface area contributed by atoms with E-state index in [2.05, 4.69) is 12.2 Å². The van der Waals surface area contributed by atoms with Gasteiger partial charge in [0.25, 0.3) is 0 Å². The van der Waals surface area contributed by atoms with Gasteiger partial charge in [0.15, 0.2) is 0 Å². The molecular formula is C11H21NO2S. The van der Waals surface area contributed by atoms with Gasteiger partial charge in [0, 0.05) is 17.0 Å². The Kier molecular flexibility index (Phi) is 4.93. The molecule has 4 heteroatoms. The normalized spacial score (nSPS) is 28.1. The van der Waals surface area contributed by atoms with Crippen LogP contribution in [-0.2, 0) is 9.53 Å². The molecule has 1 aliphatic rings. The van der Waals surface area contributed by atoms with Crippen molar-refractivity contribution < 1.29 is 9.53 Å². The summed E-state index contributed by atoms with van der Waals surface area (Å²) in [6, 6.07) is 0.294. The van der Waals surface area contributed by atoms with E-state index in [9.17, 15) is 4.79 Å². The van der Waals surface area contributed by atoms with E-state index in [0.29, 0.717) is 11.3 Å². The van der Waals surface area contributed by atoms with Gasteiger partial charge in [-0.25, -0.2) is 0 Å². The van der Waals surface area contributed by atoms with E-state index in [0.717, 1.165) is 12.2 Å². The maximum Gasteiger partial charge on any atom is 0.323 e. The van der Waals surface area contributed by atoms with Crippen LogP contribution in [0.5, 0.6) is 0 Å². The van der Waals surface area contributed by atoms with Gasteiger partial charge in [-0.05, 0) is 12.3 Å². The van der Waals surface area contributed by atoms with Crippen molar-refractivity contribution in [2.75, 3.05) is 12.9 Å². The Morgan fingerprint density at radius 2 is 2.20 bits per heavy atom. The average molecular weight is 231 g/mol. The Bertz CT molecular complexity index is 221. The summed E-state index contributed by atoms with van der Waals surface area (Å²) < 4.78 is 4.80. The fraction of sp³-hybridized carbons (Fsp3) is 0.909. The van der Waals surface area contributed by atoms with Crippen molar-refractivity contribution >= 4 is 17.7 Å². The van der Waals surface area contributed by atoms with Crippen LogP contribution in [0.3, 0.4) is 0 Å². The first-order valence-corrected chi connectivity index (χ1v) is 6.55. The van der Waals surface area contributed by atoms with E-state index in [-0.39, 0.29) is 17.9 Å². The largest absolute Gasteiger partial charge is 0.468 e. The third-order valence-corrected chi connectivity index (χ3v) is 4.09. The predicted molar refractivity (Wildman–Crippen MR) is 64.1 cm³/mol. The van der Waals surface area contributed by atoms with Crippen LogP contribution in [0.2, 0.25) is 0 Å². The van der Waals surface area contributed by atoms with Crippen LogP contribution in [0.25, 0.3) is 0 Å². The van der Waals surface area contributed by atoms with Crippen LogP contribution in [0.1, 0.15) is 27.2 Å². The third kappa shape index (κ3) is 3.68. The van der Waals surface area contributed by atoms with Gasteiger partial charge in [-0.2, -0.15) is 11.8 Å². The topological polar surface area (TPSA) is 38.3 Å². The van der Waals surface area contributed by atoms with Crippen molar-refractivity contribution in [3.8, 4) is 0 Å². The smallest absolute Gasteiger partial charge is 0.323 e. The second-order valence-corrected chi connectivity index (χ2v) is 5.96. The van der Waals surface area contributed by atoms with Gasteiger partial charge in [-0.3, -0.25) is 4.79 Å². The second kappa shape index (κ2) is 5.75. The number of hydrogen-bond donors (Lipinski definition) is 1. The summed E-state index contributed by atoms with van der Waals surface area (Å²) >= 11 is 1.96. The van der Waals surface area contributed by atoms with E-state index < -0.39 is 0 Å². The monoisotopic (exact) mass is 231 g/mol. The lowest BCUT2D eigenvalue weighted by Crippen LogP contribution is -2.47. The van der Waals surface area contributed by atoms with Crippen LogP contribution in [-0.4, -0.2) is 36.2 Å². The van der Waals surface area contributed by atoms with Gasteiger partial charge in [-0.1, -0.05) is 20.8 Å². The van der Waals surface area contributed by atoms with E-state index in [1.165, 1.54) is 7.11 Å². The van der Waals surface area contributed by atoms with Gasteiger partial charge in [-0.15, -0.1) is 0 Å². The quantitative estimate of drug-likeness (QED) is 0.747. The minimum Gasteiger partial charge on any atom is -0.468 e. The molecule has 88 valence electrons. The lowest BCUT2D eigenvalue weighted by molar-refractivity contribution is -0.144. The molecule has 0 radical (unpaired) electrons. The minimum absolute atomic E-state index is 0.144. The maximum absolute atomic E-state index is 11.5. The van der Waals surface area contributed by atoms with E-state index >= 15 is 0 Å². The number of esters is 1. The highest BCUT2D eigenvalue weighted by Gasteiger charge is 2.29. The summed E-state index contributed by atoms with van der Waals surface area (Å²) in [4.78, 5) is 11.5. The molecule has 0 spiro atoms. The lowest BCUT2D eigenvalue weighted by Gasteiger charge is -2.23. The molecule has 0 amide bonds. The number of methoxy groups -OCH3 is 1. The van der Waals surface area contributed by atoms with Crippen LogP contribution in [0.15, 0.2) is 0 Å². The van der Waals surface area contributed by atoms with E-state index in [1.54, 1.807) is 0 Å². The summed E-state index contributed by atoms with van der Waals surface area (Å²) in [5, 5.41) is 4.10. The number of hydrogen-bond acceptors (Lipinski definition) is 4. The molecule has 1 aliphatic heterocycles. The van der Waals surface area contributed by atoms with Crippen molar-refractivity contribution in [3.63, 3.8) is 0 Å². The summed E-state index contributed by atoms with van der Waals surface area (Å²) in [5.74, 6) is 1.23. The Morgan fingerprint density at radius 1 is 1.53 bits per heavy atom. The van der Waals surface area contributed by atoms with Crippen molar-refractivity contribution in [1.29, 1.82) is 0 Å². The van der Waals surface area contributed by atoms with Gasteiger partial charge in [0.05, 0.1) is 7.11 Å². The molecular weight excluding hydrogens is 210 g/mol. The van der Waals surface area contributed by atoms with Crippen molar-refractivity contribution in [2.24, 2.45) is 5.92 Å². The van der Waals surface area contributed by atoms with Crippen molar-refractivity contribution in [2.45, 2.75) is 44.5 Å². The number of nitrogens with one attached hydrogen (secondary N) is 1.